The molecule has 1 aliphatic rings. The SMILES string of the molecule is Cc1ccc(OCCCC(=O)NNC(=S)N[C@H]2CCC[C@@H](C)[C@@H]2C)cc1. The Balaban J connectivity index is 1.57. The normalized spacial score (nSPS) is 22.3. The van der Waals surface area contributed by atoms with Gasteiger partial charge in [0.25, 0.3) is 0 Å². The molecule has 0 bridgehead atoms. The van der Waals surface area contributed by atoms with Crippen molar-refractivity contribution in [1.82, 2.24) is 16.2 Å². The summed E-state index contributed by atoms with van der Waals surface area (Å²) >= 11 is 5.29. The lowest BCUT2D eigenvalue weighted by molar-refractivity contribution is -0.121. The number of carbonyl (C=O) groups is 1. The number of benzene rings is 1. The maximum atomic E-state index is 11.9. The molecule has 6 heteroatoms. The van der Waals surface area contributed by atoms with Crippen molar-refractivity contribution >= 4 is 23.2 Å². The van der Waals surface area contributed by atoms with E-state index >= 15 is 0 Å². The second-order valence-corrected chi connectivity index (χ2v) is 7.69. The number of aryl methyl sites for hydroxylation is 1. The van der Waals surface area contributed by atoms with Crippen LogP contribution in [0.3, 0.4) is 0 Å². The van der Waals surface area contributed by atoms with E-state index < -0.39 is 0 Å². The van der Waals surface area contributed by atoms with Gasteiger partial charge in [-0.05, 0) is 56.0 Å². The Labute approximate surface area is 162 Å². The molecule has 1 saturated carbocycles. The minimum Gasteiger partial charge on any atom is -0.494 e. The largest absolute Gasteiger partial charge is 0.494 e. The Morgan fingerprint density at radius 1 is 1.19 bits per heavy atom. The lowest BCUT2D eigenvalue weighted by atomic mass is 9.78. The standard InChI is InChI=1S/C20H31N3O2S/c1-14-9-11-17(12-10-14)25-13-5-8-19(24)22-23-20(26)21-18-7-4-6-15(2)16(18)3/h9-12,15-16,18H,4-8,13H2,1-3H3,(H,22,24)(H2,21,23,26)/t15-,16+,18+/m1/s1. The zero-order chi connectivity index (χ0) is 18.9. The molecule has 1 aliphatic carbocycles. The van der Waals surface area contributed by atoms with Crippen LogP contribution in [0.1, 0.15) is 51.5 Å². The van der Waals surface area contributed by atoms with Crippen molar-refractivity contribution in [2.75, 3.05) is 6.61 Å². The zero-order valence-corrected chi connectivity index (χ0v) is 16.8. The third kappa shape index (κ3) is 6.83. The summed E-state index contributed by atoms with van der Waals surface area (Å²) in [6.45, 7) is 7.10. The molecule has 0 aliphatic heterocycles. The van der Waals surface area contributed by atoms with E-state index in [1.807, 2.05) is 31.2 Å². The summed E-state index contributed by atoms with van der Waals surface area (Å²) in [6.07, 6.45) is 4.66. The minimum absolute atomic E-state index is 0.0910. The van der Waals surface area contributed by atoms with E-state index in [-0.39, 0.29) is 5.91 Å². The van der Waals surface area contributed by atoms with Crippen LogP contribution in [0.25, 0.3) is 0 Å². The first-order valence-electron chi connectivity index (χ1n) is 9.50. The van der Waals surface area contributed by atoms with Gasteiger partial charge in [0.05, 0.1) is 6.61 Å². The monoisotopic (exact) mass is 377 g/mol. The molecular formula is C20H31N3O2S. The average molecular weight is 378 g/mol. The summed E-state index contributed by atoms with van der Waals surface area (Å²) in [5.74, 6) is 2.02. The molecule has 1 amide bonds. The molecule has 5 nitrogen and oxygen atoms in total. The van der Waals surface area contributed by atoms with Crippen molar-refractivity contribution in [1.29, 1.82) is 0 Å². The van der Waals surface area contributed by atoms with E-state index in [2.05, 4.69) is 30.0 Å². The Bertz CT molecular complexity index is 591. The fourth-order valence-corrected chi connectivity index (χ4v) is 3.44. The molecule has 26 heavy (non-hydrogen) atoms. The van der Waals surface area contributed by atoms with E-state index in [9.17, 15) is 4.79 Å². The zero-order valence-electron chi connectivity index (χ0n) is 16.0. The molecule has 2 rings (SSSR count). The molecule has 1 aromatic carbocycles. The van der Waals surface area contributed by atoms with E-state index in [4.69, 9.17) is 17.0 Å². The van der Waals surface area contributed by atoms with E-state index in [1.165, 1.54) is 18.4 Å². The molecule has 0 aromatic heterocycles. The first-order chi connectivity index (χ1) is 12.5. The third-order valence-electron chi connectivity index (χ3n) is 5.18. The molecule has 1 fully saturated rings. The highest BCUT2D eigenvalue weighted by Gasteiger charge is 2.27. The molecule has 144 valence electrons. The molecular weight excluding hydrogens is 346 g/mol. The lowest BCUT2D eigenvalue weighted by Gasteiger charge is -2.35. The molecule has 0 heterocycles. The maximum absolute atomic E-state index is 11.9. The van der Waals surface area contributed by atoms with Crippen molar-refractivity contribution in [2.45, 2.75) is 58.9 Å². The van der Waals surface area contributed by atoms with Crippen molar-refractivity contribution < 1.29 is 9.53 Å². The van der Waals surface area contributed by atoms with Crippen LogP contribution in [-0.4, -0.2) is 23.7 Å². The van der Waals surface area contributed by atoms with Gasteiger partial charge >= 0.3 is 0 Å². The molecule has 1 aromatic rings. The van der Waals surface area contributed by atoms with Gasteiger partial charge in [-0.15, -0.1) is 0 Å². The fraction of sp³-hybridized carbons (Fsp3) is 0.600. The number of nitrogens with one attached hydrogen (secondary N) is 3. The Kier molecular flexibility index (Phi) is 8.16. The predicted octanol–water partition coefficient (Wildman–Crippen LogP) is 3.47. The number of carbonyl (C=O) groups excluding carboxylic acids is 1. The first kappa shape index (κ1) is 20.5. The number of hydrogen-bond acceptors (Lipinski definition) is 3. The van der Waals surface area contributed by atoms with Crippen molar-refractivity contribution in [3.05, 3.63) is 29.8 Å². The first-order valence-corrected chi connectivity index (χ1v) is 9.91. The minimum atomic E-state index is -0.0910. The number of hydrogen-bond donors (Lipinski definition) is 3. The second kappa shape index (κ2) is 10.4. The molecule has 0 unspecified atom stereocenters. The highest BCUT2D eigenvalue weighted by atomic mass is 32.1. The summed E-state index contributed by atoms with van der Waals surface area (Å²) in [7, 11) is 0. The summed E-state index contributed by atoms with van der Waals surface area (Å²) in [6, 6.07) is 8.27. The van der Waals surface area contributed by atoms with Crippen LogP contribution in [0.4, 0.5) is 0 Å². The van der Waals surface area contributed by atoms with Gasteiger partial charge in [-0.2, -0.15) is 0 Å². The van der Waals surface area contributed by atoms with Crippen LogP contribution < -0.4 is 20.9 Å². The van der Waals surface area contributed by atoms with Gasteiger partial charge in [-0.1, -0.05) is 44.4 Å². The Morgan fingerprint density at radius 3 is 2.65 bits per heavy atom. The van der Waals surface area contributed by atoms with Crippen molar-refractivity contribution in [3.63, 3.8) is 0 Å². The Hall–Kier alpha value is -1.82. The molecule has 0 radical (unpaired) electrons. The average Bonchev–Trinajstić information content (AvgIpc) is 2.62. The van der Waals surface area contributed by atoms with Crippen LogP contribution in [-0.2, 0) is 4.79 Å². The molecule has 0 spiro atoms. The topological polar surface area (TPSA) is 62.4 Å². The van der Waals surface area contributed by atoms with Crippen LogP contribution in [0.5, 0.6) is 5.75 Å². The molecule has 0 saturated heterocycles. The lowest BCUT2D eigenvalue weighted by Crippen LogP contribution is -2.52. The second-order valence-electron chi connectivity index (χ2n) is 7.29. The van der Waals surface area contributed by atoms with Crippen LogP contribution in [0.2, 0.25) is 0 Å². The smallest absolute Gasteiger partial charge is 0.238 e. The molecule has 3 N–H and O–H groups in total. The van der Waals surface area contributed by atoms with Crippen LogP contribution in [0, 0.1) is 18.8 Å². The van der Waals surface area contributed by atoms with E-state index in [0.717, 1.165) is 12.2 Å². The predicted molar refractivity (Wildman–Crippen MR) is 109 cm³/mol. The van der Waals surface area contributed by atoms with Crippen molar-refractivity contribution in [3.8, 4) is 5.75 Å². The number of hydrazine groups is 1. The number of ether oxygens (including phenoxy) is 1. The van der Waals surface area contributed by atoms with E-state index in [0.29, 0.717) is 42.4 Å². The van der Waals surface area contributed by atoms with Crippen LogP contribution in [0.15, 0.2) is 24.3 Å². The van der Waals surface area contributed by atoms with Gasteiger partial charge in [-0.3, -0.25) is 15.6 Å². The van der Waals surface area contributed by atoms with Gasteiger partial charge in [0.1, 0.15) is 5.75 Å². The van der Waals surface area contributed by atoms with Crippen molar-refractivity contribution in [2.24, 2.45) is 11.8 Å². The van der Waals surface area contributed by atoms with Crippen LogP contribution >= 0.6 is 12.2 Å². The van der Waals surface area contributed by atoms with Gasteiger partial charge in [-0.25, -0.2) is 0 Å². The van der Waals surface area contributed by atoms with Gasteiger partial charge in [0, 0.05) is 12.5 Å². The summed E-state index contributed by atoms with van der Waals surface area (Å²) < 4.78 is 5.62. The van der Waals surface area contributed by atoms with Gasteiger partial charge in [0.15, 0.2) is 5.11 Å². The maximum Gasteiger partial charge on any atom is 0.238 e. The number of rotatable bonds is 6. The summed E-state index contributed by atoms with van der Waals surface area (Å²) in [5.41, 5.74) is 6.66. The third-order valence-corrected chi connectivity index (χ3v) is 5.40. The highest BCUT2D eigenvalue weighted by Crippen LogP contribution is 2.29. The van der Waals surface area contributed by atoms with Gasteiger partial charge in [0.2, 0.25) is 5.91 Å². The fourth-order valence-electron chi connectivity index (χ4n) is 3.24. The summed E-state index contributed by atoms with van der Waals surface area (Å²) in [4.78, 5) is 11.9. The van der Waals surface area contributed by atoms with Gasteiger partial charge < -0.3 is 10.1 Å². The van der Waals surface area contributed by atoms with E-state index in [1.54, 1.807) is 0 Å². The number of thiocarbonyl (C=S) groups is 1. The molecule has 3 atom stereocenters. The Morgan fingerprint density at radius 2 is 1.92 bits per heavy atom. The summed E-state index contributed by atoms with van der Waals surface area (Å²) in [5, 5.41) is 3.81. The highest BCUT2D eigenvalue weighted by molar-refractivity contribution is 7.80. The quantitative estimate of drug-likeness (QED) is 0.402. The number of amides is 1.